The number of ether oxygens (including phenoxy) is 1. The van der Waals surface area contributed by atoms with Crippen molar-refractivity contribution in [2.75, 3.05) is 12.4 Å². The van der Waals surface area contributed by atoms with Crippen molar-refractivity contribution in [3.05, 3.63) is 58.1 Å². The Bertz CT molecular complexity index is 684. The van der Waals surface area contributed by atoms with Gasteiger partial charge >= 0.3 is 6.03 Å². The zero-order valence-corrected chi connectivity index (χ0v) is 13.8. The van der Waals surface area contributed by atoms with Crippen LogP contribution in [0.2, 0.25) is 0 Å². The number of hydrogen-bond acceptors (Lipinski definition) is 3. The van der Waals surface area contributed by atoms with Gasteiger partial charge in [-0.25, -0.2) is 10.2 Å². The Morgan fingerprint density at radius 2 is 1.95 bits per heavy atom. The van der Waals surface area contributed by atoms with Crippen molar-refractivity contribution in [1.82, 2.24) is 5.43 Å². The monoisotopic (exact) mass is 361 g/mol. The minimum atomic E-state index is -0.397. The first-order valence-electron chi connectivity index (χ1n) is 6.59. The van der Waals surface area contributed by atoms with E-state index in [4.69, 9.17) is 4.74 Å². The Balaban J connectivity index is 1.88. The molecule has 2 N–H and O–H groups in total. The molecule has 0 saturated heterocycles. The fourth-order valence-corrected chi connectivity index (χ4v) is 1.98. The third-order valence-electron chi connectivity index (χ3n) is 2.91. The second-order valence-electron chi connectivity index (χ2n) is 4.56. The van der Waals surface area contributed by atoms with Crippen molar-refractivity contribution in [2.45, 2.75) is 6.92 Å². The Labute approximate surface area is 137 Å². The molecule has 22 heavy (non-hydrogen) atoms. The minimum absolute atomic E-state index is 0.397. The van der Waals surface area contributed by atoms with Gasteiger partial charge in [0, 0.05) is 10.2 Å². The van der Waals surface area contributed by atoms with Crippen molar-refractivity contribution in [3.8, 4) is 5.75 Å². The van der Waals surface area contributed by atoms with E-state index in [0.717, 1.165) is 21.3 Å². The zero-order chi connectivity index (χ0) is 15.9. The number of halogens is 1. The molecule has 0 spiro atoms. The number of aryl methyl sites for hydroxylation is 1. The molecule has 114 valence electrons. The van der Waals surface area contributed by atoms with Gasteiger partial charge in [-0.3, -0.25) is 0 Å². The summed E-state index contributed by atoms with van der Waals surface area (Å²) in [6.07, 6.45) is 1.56. The van der Waals surface area contributed by atoms with E-state index < -0.39 is 6.03 Å². The summed E-state index contributed by atoms with van der Waals surface area (Å²) < 4.78 is 6.06. The van der Waals surface area contributed by atoms with Gasteiger partial charge in [0.05, 0.1) is 13.3 Å². The number of anilines is 1. The molecule has 2 aromatic rings. The fraction of sp³-hybridized carbons (Fsp3) is 0.125. The van der Waals surface area contributed by atoms with Crippen molar-refractivity contribution < 1.29 is 9.53 Å². The van der Waals surface area contributed by atoms with Crippen molar-refractivity contribution in [1.29, 1.82) is 0 Å². The lowest BCUT2D eigenvalue weighted by molar-refractivity contribution is 0.252. The van der Waals surface area contributed by atoms with Gasteiger partial charge < -0.3 is 10.1 Å². The molecule has 0 aliphatic heterocycles. The number of carbonyl (C=O) groups excluding carboxylic acids is 1. The van der Waals surface area contributed by atoms with E-state index >= 15 is 0 Å². The quantitative estimate of drug-likeness (QED) is 0.640. The molecule has 0 radical (unpaired) electrons. The maximum atomic E-state index is 11.7. The first-order valence-corrected chi connectivity index (χ1v) is 7.38. The van der Waals surface area contributed by atoms with Crippen molar-refractivity contribution in [3.63, 3.8) is 0 Å². The third-order valence-corrected chi connectivity index (χ3v) is 3.80. The average Bonchev–Trinajstić information content (AvgIpc) is 2.51. The van der Waals surface area contributed by atoms with Gasteiger partial charge in [-0.15, -0.1) is 0 Å². The first-order chi connectivity index (χ1) is 10.6. The Hall–Kier alpha value is -2.34. The van der Waals surface area contributed by atoms with Crippen LogP contribution in [-0.2, 0) is 0 Å². The van der Waals surface area contributed by atoms with Gasteiger partial charge in [-0.05, 0) is 60.5 Å². The molecule has 0 bridgehead atoms. The summed E-state index contributed by atoms with van der Waals surface area (Å²) in [6.45, 7) is 1.95. The Morgan fingerprint density at radius 3 is 2.59 bits per heavy atom. The van der Waals surface area contributed by atoms with Gasteiger partial charge in [-0.1, -0.05) is 15.9 Å². The van der Waals surface area contributed by atoms with Crippen molar-refractivity contribution >= 4 is 33.9 Å². The summed E-state index contributed by atoms with van der Waals surface area (Å²) >= 11 is 3.41. The average molecular weight is 362 g/mol. The molecule has 0 heterocycles. The Morgan fingerprint density at radius 1 is 1.23 bits per heavy atom. The lowest BCUT2D eigenvalue weighted by Crippen LogP contribution is -2.24. The van der Waals surface area contributed by atoms with Gasteiger partial charge in [0.15, 0.2) is 0 Å². The summed E-state index contributed by atoms with van der Waals surface area (Å²) in [6, 6.07) is 12.5. The third kappa shape index (κ3) is 4.60. The van der Waals surface area contributed by atoms with E-state index in [9.17, 15) is 4.79 Å². The van der Waals surface area contributed by atoms with Crippen LogP contribution >= 0.6 is 15.9 Å². The molecule has 6 heteroatoms. The van der Waals surface area contributed by atoms with Crippen LogP contribution in [0.3, 0.4) is 0 Å². The molecule has 0 aliphatic rings. The lowest BCUT2D eigenvalue weighted by Gasteiger charge is -2.06. The lowest BCUT2D eigenvalue weighted by atomic mass is 10.2. The molecule has 2 aromatic carbocycles. The summed E-state index contributed by atoms with van der Waals surface area (Å²) in [5, 5.41) is 6.61. The molecular formula is C16H16BrN3O2. The van der Waals surface area contributed by atoms with E-state index in [1.807, 2.05) is 49.4 Å². The van der Waals surface area contributed by atoms with Crippen molar-refractivity contribution in [2.24, 2.45) is 5.10 Å². The standard InChI is InChI=1S/C16H16BrN3O2/c1-11-9-13(5-8-15(11)17)19-16(21)20-18-10-12-3-6-14(22-2)7-4-12/h3-10H,1-2H3,(H2,19,20,21)/b18-10+. The number of rotatable bonds is 4. The minimum Gasteiger partial charge on any atom is -0.497 e. The summed E-state index contributed by atoms with van der Waals surface area (Å²) in [5.74, 6) is 0.772. The summed E-state index contributed by atoms with van der Waals surface area (Å²) in [7, 11) is 1.61. The summed E-state index contributed by atoms with van der Waals surface area (Å²) in [5.41, 5.74) is 5.03. The molecule has 0 fully saturated rings. The van der Waals surface area contributed by atoms with Crippen LogP contribution in [0.1, 0.15) is 11.1 Å². The molecule has 2 amide bonds. The van der Waals surface area contributed by atoms with Crippen LogP contribution in [-0.4, -0.2) is 19.4 Å². The van der Waals surface area contributed by atoms with E-state index in [0.29, 0.717) is 5.69 Å². The molecule has 2 rings (SSSR count). The molecule has 0 atom stereocenters. The number of nitrogens with one attached hydrogen (secondary N) is 2. The number of carbonyl (C=O) groups is 1. The van der Waals surface area contributed by atoms with Crippen LogP contribution in [0.5, 0.6) is 5.75 Å². The number of amides is 2. The van der Waals surface area contributed by atoms with Gasteiger partial charge in [0.1, 0.15) is 5.75 Å². The van der Waals surface area contributed by atoms with E-state index in [1.165, 1.54) is 0 Å². The molecular weight excluding hydrogens is 346 g/mol. The molecule has 5 nitrogen and oxygen atoms in total. The van der Waals surface area contributed by atoms with Crippen LogP contribution in [0, 0.1) is 6.92 Å². The highest BCUT2D eigenvalue weighted by Gasteiger charge is 2.01. The molecule has 0 aliphatic carbocycles. The maximum absolute atomic E-state index is 11.7. The van der Waals surface area contributed by atoms with Crippen LogP contribution < -0.4 is 15.5 Å². The van der Waals surface area contributed by atoms with E-state index in [2.05, 4.69) is 31.8 Å². The normalized spacial score (nSPS) is 10.5. The number of hydrazone groups is 1. The second kappa shape index (κ2) is 7.61. The second-order valence-corrected chi connectivity index (χ2v) is 5.42. The predicted octanol–water partition coefficient (Wildman–Crippen LogP) is 3.92. The number of methoxy groups -OCH3 is 1. The molecule has 0 aromatic heterocycles. The highest BCUT2D eigenvalue weighted by molar-refractivity contribution is 9.10. The number of urea groups is 1. The number of hydrogen-bond donors (Lipinski definition) is 2. The molecule has 0 saturated carbocycles. The predicted molar refractivity (Wildman–Crippen MR) is 91.6 cm³/mol. The fourth-order valence-electron chi connectivity index (χ4n) is 1.74. The zero-order valence-electron chi connectivity index (χ0n) is 12.3. The van der Waals surface area contributed by atoms with Crippen LogP contribution in [0.4, 0.5) is 10.5 Å². The van der Waals surface area contributed by atoms with Gasteiger partial charge in [0.2, 0.25) is 0 Å². The van der Waals surface area contributed by atoms with E-state index in [-0.39, 0.29) is 0 Å². The smallest absolute Gasteiger partial charge is 0.339 e. The largest absolute Gasteiger partial charge is 0.497 e. The van der Waals surface area contributed by atoms with Gasteiger partial charge in [-0.2, -0.15) is 5.10 Å². The number of benzene rings is 2. The van der Waals surface area contributed by atoms with Gasteiger partial charge in [0.25, 0.3) is 0 Å². The van der Waals surface area contributed by atoms with Crippen LogP contribution in [0.25, 0.3) is 0 Å². The highest BCUT2D eigenvalue weighted by atomic mass is 79.9. The van der Waals surface area contributed by atoms with Crippen LogP contribution in [0.15, 0.2) is 52.0 Å². The maximum Gasteiger partial charge on any atom is 0.339 e. The Kier molecular flexibility index (Phi) is 5.55. The highest BCUT2D eigenvalue weighted by Crippen LogP contribution is 2.19. The summed E-state index contributed by atoms with van der Waals surface area (Å²) in [4.78, 5) is 11.7. The topological polar surface area (TPSA) is 62.7 Å². The molecule has 0 unspecified atom stereocenters. The first kappa shape index (κ1) is 16.0. The SMILES string of the molecule is COc1ccc(/C=N/NC(=O)Nc2ccc(Br)c(C)c2)cc1. The van der Waals surface area contributed by atoms with E-state index in [1.54, 1.807) is 13.3 Å². The number of nitrogens with zero attached hydrogens (tertiary/aromatic N) is 1.